The Kier molecular flexibility index (Phi) is 4.42. The molecule has 0 bridgehead atoms. The van der Waals surface area contributed by atoms with Gasteiger partial charge in [0.15, 0.2) is 0 Å². The van der Waals surface area contributed by atoms with E-state index in [0.29, 0.717) is 5.56 Å². The minimum absolute atomic E-state index is 0.0165. The lowest BCUT2D eigenvalue weighted by atomic mass is 10.1. The lowest BCUT2D eigenvalue weighted by molar-refractivity contribution is 0.530. The van der Waals surface area contributed by atoms with Gasteiger partial charge in [0.05, 0.1) is 0 Å². The second-order valence-corrected chi connectivity index (χ2v) is 4.31. The van der Waals surface area contributed by atoms with E-state index in [1.807, 2.05) is 37.4 Å². The molecule has 2 nitrogen and oxygen atoms in total. The van der Waals surface area contributed by atoms with Gasteiger partial charge in [-0.1, -0.05) is 24.3 Å². The Morgan fingerprint density at radius 2 is 2.06 bits per heavy atom. The molecular weight excluding hydrogens is 227 g/mol. The summed E-state index contributed by atoms with van der Waals surface area (Å²) < 4.78 is 13.5. The molecule has 1 heterocycles. The highest BCUT2D eigenvalue weighted by molar-refractivity contribution is 5.20. The molecule has 0 radical (unpaired) electrons. The number of benzene rings is 1. The number of halogens is 1. The van der Waals surface area contributed by atoms with Gasteiger partial charge in [0.2, 0.25) is 0 Å². The molecule has 2 rings (SSSR count). The van der Waals surface area contributed by atoms with E-state index in [-0.39, 0.29) is 11.9 Å². The molecule has 0 saturated carbocycles. The summed E-state index contributed by atoms with van der Waals surface area (Å²) in [5.74, 6) is -0.154. The highest BCUT2D eigenvalue weighted by Gasteiger charge is 2.08. The molecule has 0 saturated heterocycles. The maximum Gasteiger partial charge on any atom is 0.127 e. The largest absolute Gasteiger partial charge is 0.310 e. The topological polar surface area (TPSA) is 24.9 Å². The van der Waals surface area contributed by atoms with Gasteiger partial charge in [0, 0.05) is 24.0 Å². The minimum atomic E-state index is -0.154. The predicted octanol–water partition coefficient (Wildman–Crippen LogP) is 3.11. The molecule has 1 N–H and O–H groups in total. The fourth-order valence-electron chi connectivity index (χ4n) is 1.92. The average Bonchev–Trinajstić information content (AvgIpc) is 2.40. The highest BCUT2D eigenvalue weighted by Crippen LogP contribution is 2.15. The van der Waals surface area contributed by atoms with E-state index in [9.17, 15) is 4.39 Å². The van der Waals surface area contributed by atoms with Crippen molar-refractivity contribution >= 4 is 0 Å². The molecule has 0 unspecified atom stereocenters. The maximum atomic E-state index is 13.5. The predicted molar refractivity (Wildman–Crippen MR) is 70.8 cm³/mol. The molecule has 2 aromatic rings. The van der Waals surface area contributed by atoms with Crippen LogP contribution in [0.1, 0.15) is 24.1 Å². The molecule has 3 heteroatoms. The number of nitrogens with one attached hydrogen (secondary N) is 1. The van der Waals surface area contributed by atoms with Crippen molar-refractivity contribution in [3.05, 3.63) is 65.7 Å². The summed E-state index contributed by atoms with van der Waals surface area (Å²) in [6.07, 6.45) is 4.51. The van der Waals surface area contributed by atoms with Gasteiger partial charge in [0.25, 0.3) is 0 Å². The quantitative estimate of drug-likeness (QED) is 0.874. The second kappa shape index (κ2) is 6.26. The van der Waals surface area contributed by atoms with Crippen molar-refractivity contribution in [3.8, 4) is 0 Å². The van der Waals surface area contributed by atoms with E-state index < -0.39 is 0 Å². The van der Waals surface area contributed by atoms with Gasteiger partial charge >= 0.3 is 0 Å². The number of hydrogen-bond donors (Lipinski definition) is 1. The number of rotatable bonds is 5. The van der Waals surface area contributed by atoms with Gasteiger partial charge < -0.3 is 5.32 Å². The first-order valence-electron chi connectivity index (χ1n) is 6.14. The summed E-state index contributed by atoms with van der Waals surface area (Å²) in [4.78, 5) is 4.07. The van der Waals surface area contributed by atoms with Crippen LogP contribution < -0.4 is 5.32 Å². The summed E-state index contributed by atoms with van der Waals surface area (Å²) in [5.41, 5.74) is 1.90. The molecule has 18 heavy (non-hydrogen) atoms. The van der Waals surface area contributed by atoms with Crippen molar-refractivity contribution in [1.29, 1.82) is 0 Å². The third kappa shape index (κ3) is 3.37. The van der Waals surface area contributed by atoms with E-state index in [1.54, 1.807) is 12.3 Å². The van der Waals surface area contributed by atoms with Gasteiger partial charge in [-0.2, -0.15) is 0 Å². The summed E-state index contributed by atoms with van der Waals surface area (Å²) in [6, 6.07) is 10.9. The van der Waals surface area contributed by atoms with Crippen LogP contribution in [0.5, 0.6) is 0 Å². The zero-order valence-corrected chi connectivity index (χ0v) is 10.4. The molecular formula is C15H17FN2. The van der Waals surface area contributed by atoms with Crippen LogP contribution in [0, 0.1) is 5.82 Å². The normalized spacial score (nSPS) is 12.3. The summed E-state index contributed by atoms with van der Waals surface area (Å²) >= 11 is 0. The summed E-state index contributed by atoms with van der Waals surface area (Å²) in [6.45, 7) is 2.78. The van der Waals surface area contributed by atoms with Gasteiger partial charge in [0.1, 0.15) is 5.82 Å². The van der Waals surface area contributed by atoms with Crippen molar-refractivity contribution < 1.29 is 4.39 Å². The van der Waals surface area contributed by atoms with Gasteiger partial charge in [-0.15, -0.1) is 0 Å². The Balaban J connectivity index is 1.86. The molecule has 0 spiro atoms. The van der Waals surface area contributed by atoms with Crippen LogP contribution in [-0.2, 0) is 6.42 Å². The monoisotopic (exact) mass is 244 g/mol. The van der Waals surface area contributed by atoms with Crippen molar-refractivity contribution in [2.45, 2.75) is 19.4 Å². The first kappa shape index (κ1) is 12.7. The van der Waals surface area contributed by atoms with E-state index in [1.165, 1.54) is 11.6 Å². The molecule has 0 aliphatic rings. The van der Waals surface area contributed by atoms with E-state index >= 15 is 0 Å². The van der Waals surface area contributed by atoms with Crippen molar-refractivity contribution in [1.82, 2.24) is 10.3 Å². The lowest BCUT2D eigenvalue weighted by Crippen LogP contribution is -2.22. The first-order valence-corrected chi connectivity index (χ1v) is 6.14. The van der Waals surface area contributed by atoms with E-state index in [4.69, 9.17) is 0 Å². The Morgan fingerprint density at radius 1 is 1.22 bits per heavy atom. The lowest BCUT2D eigenvalue weighted by Gasteiger charge is -2.14. The van der Waals surface area contributed by atoms with E-state index in [2.05, 4.69) is 10.3 Å². The standard InChI is InChI=1S/C15H17FN2/c1-12(14-6-2-3-7-15(14)16)18-10-8-13-5-4-9-17-11-13/h2-7,9,11-12,18H,8,10H2,1H3/t12-/m1/s1. The molecule has 1 atom stereocenters. The number of pyridine rings is 1. The van der Waals surface area contributed by atoms with E-state index in [0.717, 1.165) is 13.0 Å². The summed E-state index contributed by atoms with van der Waals surface area (Å²) in [5, 5.41) is 3.32. The zero-order valence-electron chi connectivity index (χ0n) is 10.4. The number of hydrogen-bond acceptors (Lipinski definition) is 2. The number of aromatic nitrogens is 1. The van der Waals surface area contributed by atoms with Crippen molar-refractivity contribution in [3.63, 3.8) is 0 Å². The highest BCUT2D eigenvalue weighted by atomic mass is 19.1. The minimum Gasteiger partial charge on any atom is -0.310 e. The Morgan fingerprint density at radius 3 is 2.78 bits per heavy atom. The molecule has 0 aliphatic carbocycles. The fourth-order valence-corrected chi connectivity index (χ4v) is 1.92. The van der Waals surface area contributed by atoms with Crippen LogP contribution in [-0.4, -0.2) is 11.5 Å². The fraction of sp³-hybridized carbons (Fsp3) is 0.267. The smallest absolute Gasteiger partial charge is 0.127 e. The van der Waals surface area contributed by atoms with Crippen LogP contribution in [0.2, 0.25) is 0 Å². The Bertz CT molecular complexity index is 485. The maximum absolute atomic E-state index is 13.5. The van der Waals surface area contributed by atoms with Crippen LogP contribution >= 0.6 is 0 Å². The Labute approximate surface area is 107 Å². The second-order valence-electron chi connectivity index (χ2n) is 4.31. The zero-order chi connectivity index (χ0) is 12.8. The third-order valence-electron chi connectivity index (χ3n) is 2.96. The Hall–Kier alpha value is -1.74. The summed E-state index contributed by atoms with van der Waals surface area (Å²) in [7, 11) is 0. The van der Waals surface area contributed by atoms with Gasteiger partial charge in [-0.05, 0) is 37.6 Å². The van der Waals surface area contributed by atoms with Gasteiger partial charge in [-0.25, -0.2) is 4.39 Å². The van der Waals surface area contributed by atoms with Crippen LogP contribution in [0.4, 0.5) is 4.39 Å². The molecule has 94 valence electrons. The molecule has 0 fully saturated rings. The van der Waals surface area contributed by atoms with Crippen molar-refractivity contribution in [2.24, 2.45) is 0 Å². The number of nitrogens with zero attached hydrogens (tertiary/aromatic N) is 1. The van der Waals surface area contributed by atoms with Gasteiger partial charge in [-0.3, -0.25) is 4.98 Å². The molecule has 0 amide bonds. The van der Waals surface area contributed by atoms with Crippen LogP contribution in [0.3, 0.4) is 0 Å². The third-order valence-corrected chi connectivity index (χ3v) is 2.96. The van der Waals surface area contributed by atoms with Crippen LogP contribution in [0.25, 0.3) is 0 Å². The molecule has 0 aliphatic heterocycles. The SMILES string of the molecule is C[C@@H](NCCc1cccnc1)c1ccccc1F. The average molecular weight is 244 g/mol. The molecule has 1 aromatic carbocycles. The van der Waals surface area contributed by atoms with Crippen molar-refractivity contribution in [2.75, 3.05) is 6.54 Å². The molecule has 1 aromatic heterocycles. The van der Waals surface area contributed by atoms with Crippen LogP contribution in [0.15, 0.2) is 48.8 Å². The first-order chi connectivity index (χ1) is 8.77.